The lowest BCUT2D eigenvalue weighted by Gasteiger charge is -2.20. The summed E-state index contributed by atoms with van der Waals surface area (Å²) in [4.78, 5) is 0. The van der Waals surface area contributed by atoms with Gasteiger partial charge in [-0.25, -0.2) is 0 Å². The first-order valence-electron chi connectivity index (χ1n) is 7.11. The zero-order chi connectivity index (χ0) is 15.4. The fraction of sp³-hybridized carbons (Fsp3) is 0.333. The third-order valence-electron chi connectivity index (χ3n) is 3.66. The molecule has 2 aromatic rings. The van der Waals surface area contributed by atoms with E-state index in [1.165, 1.54) is 11.1 Å². The molecular weight excluding hydrogens is 262 g/mol. The summed E-state index contributed by atoms with van der Waals surface area (Å²) in [5.74, 6) is 1.63. The summed E-state index contributed by atoms with van der Waals surface area (Å²) in [6.07, 6.45) is 0. The number of nitrogens with one attached hydrogen (secondary N) is 1. The van der Waals surface area contributed by atoms with Crippen LogP contribution in [0.2, 0.25) is 0 Å². The molecule has 2 aromatic carbocycles. The maximum absolute atomic E-state index is 5.48. The van der Waals surface area contributed by atoms with Gasteiger partial charge in [0.2, 0.25) is 0 Å². The van der Waals surface area contributed by atoms with Crippen molar-refractivity contribution in [1.82, 2.24) is 0 Å². The molecule has 1 atom stereocenters. The van der Waals surface area contributed by atoms with Crippen LogP contribution in [-0.4, -0.2) is 14.2 Å². The van der Waals surface area contributed by atoms with Crippen molar-refractivity contribution in [1.29, 1.82) is 0 Å². The second-order valence-corrected chi connectivity index (χ2v) is 5.29. The quantitative estimate of drug-likeness (QED) is 0.877. The number of rotatable bonds is 5. The molecule has 21 heavy (non-hydrogen) atoms. The molecule has 0 spiro atoms. The van der Waals surface area contributed by atoms with Gasteiger partial charge in [0.15, 0.2) is 0 Å². The van der Waals surface area contributed by atoms with Crippen molar-refractivity contribution >= 4 is 5.69 Å². The molecule has 0 saturated heterocycles. The average Bonchev–Trinajstić information content (AvgIpc) is 2.49. The van der Waals surface area contributed by atoms with Gasteiger partial charge in [0.05, 0.1) is 20.3 Å². The van der Waals surface area contributed by atoms with Crippen molar-refractivity contribution < 1.29 is 9.47 Å². The Balaban J connectivity index is 2.25. The number of benzene rings is 2. The Bertz CT molecular complexity index is 623. The molecule has 3 heteroatoms. The van der Waals surface area contributed by atoms with Gasteiger partial charge in [-0.3, -0.25) is 0 Å². The normalized spacial score (nSPS) is 11.9. The predicted octanol–water partition coefficient (Wildman–Crippen LogP) is 4.49. The smallest absolute Gasteiger partial charge is 0.127 e. The molecule has 0 saturated carbocycles. The topological polar surface area (TPSA) is 30.5 Å². The number of methoxy groups -OCH3 is 2. The molecular formula is C18H23NO2. The number of ether oxygens (including phenoxy) is 2. The minimum atomic E-state index is 0.146. The summed E-state index contributed by atoms with van der Waals surface area (Å²) in [6, 6.07) is 12.5. The monoisotopic (exact) mass is 285 g/mol. The summed E-state index contributed by atoms with van der Waals surface area (Å²) in [6.45, 7) is 6.35. The van der Waals surface area contributed by atoms with Gasteiger partial charge in [0, 0.05) is 17.3 Å². The Kier molecular flexibility index (Phi) is 4.73. The zero-order valence-electron chi connectivity index (χ0n) is 13.4. The largest absolute Gasteiger partial charge is 0.497 e. The van der Waals surface area contributed by atoms with Gasteiger partial charge >= 0.3 is 0 Å². The van der Waals surface area contributed by atoms with E-state index in [1.54, 1.807) is 14.2 Å². The van der Waals surface area contributed by atoms with Gasteiger partial charge in [-0.15, -0.1) is 0 Å². The highest BCUT2D eigenvalue weighted by molar-refractivity contribution is 5.54. The molecule has 112 valence electrons. The predicted molar refractivity (Wildman–Crippen MR) is 87.5 cm³/mol. The van der Waals surface area contributed by atoms with Crippen LogP contribution in [-0.2, 0) is 0 Å². The van der Waals surface area contributed by atoms with Crippen molar-refractivity contribution in [3.05, 3.63) is 53.1 Å². The van der Waals surface area contributed by atoms with Crippen LogP contribution < -0.4 is 14.8 Å². The minimum absolute atomic E-state index is 0.146. The third-order valence-corrected chi connectivity index (χ3v) is 3.66. The van der Waals surface area contributed by atoms with Gasteiger partial charge in [-0.2, -0.15) is 0 Å². The van der Waals surface area contributed by atoms with Crippen LogP contribution in [0.5, 0.6) is 11.5 Å². The highest BCUT2D eigenvalue weighted by Gasteiger charge is 2.13. The first-order chi connectivity index (χ1) is 10.0. The van der Waals surface area contributed by atoms with E-state index in [9.17, 15) is 0 Å². The maximum Gasteiger partial charge on any atom is 0.127 e. The van der Waals surface area contributed by atoms with Crippen molar-refractivity contribution in [2.45, 2.75) is 26.8 Å². The molecule has 0 heterocycles. The van der Waals surface area contributed by atoms with Gasteiger partial charge in [-0.1, -0.05) is 17.7 Å². The zero-order valence-corrected chi connectivity index (χ0v) is 13.4. The van der Waals surface area contributed by atoms with E-state index in [0.29, 0.717) is 0 Å². The highest BCUT2D eigenvalue weighted by atomic mass is 16.5. The molecule has 3 nitrogen and oxygen atoms in total. The lowest BCUT2D eigenvalue weighted by molar-refractivity contribution is 0.390. The fourth-order valence-electron chi connectivity index (χ4n) is 2.46. The van der Waals surface area contributed by atoms with Crippen LogP contribution in [0, 0.1) is 13.8 Å². The Labute approximate surface area is 126 Å². The first-order valence-corrected chi connectivity index (χ1v) is 7.11. The molecule has 0 radical (unpaired) electrons. The first kappa shape index (κ1) is 15.2. The Morgan fingerprint density at radius 2 is 1.71 bits per heavy atom. The molecule has 1 N–H and O–H groups in total. The van der Waals surface area contributed by atoms with E-state index in [2.05, 4.69) is 44.3 Å². The Morgan fingerprint density at radius 3 is 2.33 bits per heavy atom. The number of aryl methyl sites for hydroxylation is 2. The van der Waals surface area contributed by atoms with E-state index in [1.807, 2.05) is 18.2 Å². The lowest BCUT2D eigenvalue weighted by atomic mass is 10.0. The standard InChI is InChI=1S/C18H23NO2/c1-12-6-9-17(13(2)10-12)19-14(3)16-8-7-15(20-4)11-18(16)21-5/h6-11,14,19H,1-5H3. The van der Waals surface area contributed by atoms with Crippen molar-refractivity contribution in [2.75, 3.05) is 19.5 Å². The highest BCUT2D eigenvalue weighted by Crippen LogP contribution is 2.32. The molecule has 0 amide bonds. The molecule has 0 aliphatic heterocycles. The van der Waals surface area contributed by atoms with Crippen molar-refractivity contribution in [3.63, 3.8) is 0 Å². The summed E-state index contributed by atoms with van der Waals surface area (Å²) in [5, 5.41) is 3.55. The Hall–Kier alpha value is -2.16. The number of hydrogen-bond acceptors (Lipinski definition) is 3. The van der Waals surface area contributed by atoms with E-state index in [-0.39, 0.29) is 6.04 Å². The van der Waals surface area contributed by atoms with Crippen LogP contribution in [0.15, 0.2) is 36.4 Å². The summed E-state index contributed by atoms with van der Waals surface area (Å²) in [7, 11) is 3.34. The van der Waals surface area contributed by atoms with Crippen LogP contribution in [0.1, 0.15) is 29.7 Å². The number of hydrogen-bond donors (Lipinski definition) is 1. The molecule has 0 aliphatic carbocycles. The summed E-state index contributed by atoms with van der Waals surface area (Å²) >= 11 is 0. The van der Waals surface area contributed by atoms with Crippen LogP contribution in [0.25, 0.3) is 0 Å². The van der Waals surface area contributed by atoms with E-state index < -0.39 is 0 Å². The van der Waals surface area contributed by atoms with Gasteiger partial charge in [0.1, 0.15) is 11.5 Å². The molecule has 0 aliphatic rings. The van der Waals surface area contributed by atoms with Crippen molar-refractivity contribution in [2.24, 2.45) is 0 Å². The SMILES string of the molecule is COc1ccc(C(C)Nc2ccc(C)cc2C)c(OC)c1. The van der Waals surface area contributed by atoms with Crippen molar-refractivity contribution in [3.8, 4) is 11.5 Å². The second-order valence-electron chi connectivity index (χ2n) is 5.29. The van der Waals surface area contributed by atoms with Gasteiger partial charge < -0.3 is 14.8 Å². The third kappa shape index (κ3) is 3.48. The van der Waals surface area contributed by atoms with E-state index in [0.717, 1.165) is 22.7 Å². The molecule has 2 rings (SSSR count). The maximum atomic E-state index is 5.48. The molecule has 0 fully saturated rings. The molecule has 0 aromatic heterocycles. The lowest BCUT2D eigenvalue weighted by Crippen LogP contribution is -2.09. The summed E-state index contributed by atoms with van der Waals surface area (Å²) < 4.78 is 10.7. The van der Waals surface area contributed by atoms with Gasteiger partial charge in [0.25, 0.3) is 0 Å². The van der Waals surface area contributed by atoms with Crippen LogP contribution in [0.3, 0.4) is 0 Å². The van der Waals surface area contributed by atoms with Crippen LogP contribution in [0.4, 0.5) is 5.69 Å². The Morgan fingerprint density at radius 1 is 0.952 bits per heavy atom. The molecule has 0 bridgehead atoms. The minimum Gasteiger partial charge on any atom is -0.497 e. The number of anilines is 1. The van der Waals surface area contributed by atoms with E-state index in [4.69, 9.17) is 9.47 Å². The van der Waals surface area contributed by atoms with Gasteiger partial charge in [-0.05, 0) is 44.5 Å². The average molecular weight is 285 g/mol. The van der Waals surface area contributed by atoms with Crippen LogP contribution >= 0.6 is 0 Å². The summed E-state index contributed by atoms with van der Waals surface area (Å²) in [5.41, 5.74) is 4.77. The van der Waals surface area contributed by atoms with E-state index >= 15 is 0 Å². The molecule has 1 unspecified atom stereocenters. The fourth-order valence-corrected chi connectivity index (χ4v) is 2.46. The second kappa shape index (κ2) is 6.53.